The first-order valence-electron chi connectivity index (χ1n) is 10.6. The molecule has 4 rings (SSSR count). The van der Waals surface area contributed by atoms with Crippen molar-refractivity contribution >= 4 is 11.2 Å². The number of imidazole rings is 1. The summed E-state index contributed by atoms with van der Waals surface area (Å²) in [6.07, 6.45) is 1.67. The molecule has 0 unspecified atom stereocenters. The van der Waals surface area contributed by atoms with E-state index in [0.717, 1.165) is 22.4 Å². The van der Waals surface area contributed by atoms with Crippen LogP contribution in [-0.2, 0) is 6.54 Å². The normalized spacial score (nSPS) is 12.6. The predicted octanol–water partition coefficient (Wildman–Crippen LogP) is 4.23. The van der Waals surface area contributed by atoms with Crippen molar-refractivity contribution in [1.29, 1.82) is 0 Å². The van der Waals surface area contributed by atoms with Crippen LogP contribution in [0.3, 0.4) is 0 Å². The predicted molar refractivity (Wildman–Crippen MR) is 124 cm³/mol. The molecule has 2 aromatic carbocycles. The van der Waals surface area contributed by atoms with E-state index in [1.54, 1.807) is 10.9 Å². The Hall–Kier alpha value is -3.41. The molecule has 0 amide bonds. The average Bonchev–Trinajstić information content (AvgIpc) is 3.17. The van der Waals surface area contributed by atoms with Gasteiger partial charge in [0.05, 0.1) is 18.1 Å². The molecule has 2 aromatic heterocycles. The molecule has 0 fully saturated rings. The summed E-state index contributed by atoms with van der Waals surface area (Å²) in [5.41, 5.74) is 4.08. The lowest BCUT2D eigenvalue weighted by atomic mass is 10.1. The zero-order valence-corrected chi connectivity index (χ0v) is 18.7. The van der Waals surface area contributed by atoms with Gasteiger partial charge < -0.3 is 4.57 Å². The van der Waals surface area contributed by atoms with Crippen LogP contribution in [0, 0.1) is 19.8 Å². The van der Waals surface area contributed by atoms with Crippen LogP contribution in [0.5, 0.6) is 0 Å². The molecule has 1 atom stereocenters. The standard InChI is InChI=1S/C25H28N4O2/c1-16(2)14-27-24(30)22-23(26-15-28(22)19(5)20-9-7-6-8-10-20)29(25(27)31)21-12-11-17(3)13-18(21)4/h6-13,15-16,19H,14H2,1-5H3/t19-/m0/s1. The summed E-state index contributed by atoms with van der Waals surface area (Å²) in [5.74, 6) is 0.151. The number of hydrogen-bond donors (Lipinski definition) is 0. The quantitative estimate of drug-likeness (QED) is 0.489. The van der Waals surface area contributed by atoms with E-state index in [-0.39, 0.29) is 23.2 Å². The molecule has 4 aromatic rings. The minimum Gasteiger partial charge on any atom is -0.317 e. The first-order chi connectivity index (χ1) is 14.8. The van der Waals surface area contributed by atoms with Gasteiger partial charge in [0.25, 0.3) is 5.56 Å². The molecule has 0 saturated carbocycles. The number of rotatable bonds is 5. The minimum atomic E-state index is -0.351. The van der Waals surface area contributed by atoms with Gasteiger partial charge in [0.15, 0.2) is 11.2 Å². The maximum absolute atomic E-state index is 13.5. The van der Waals surface area contributed by atoms with Crippen LogP contribution in [0.1, 0.15) is 43.5 Å². The smallest absolute Gasteiger partial charge is 0.317 e. The largest absolute Gasteiger partial charge is 0.337 e. The lowest BCUT2D eigenvalue weighted by molar-refractivity contribution is 0.488. The van der Waals surface area contributed by atoms with E-state index >= 15 is 0 Å². The topological polar surface area (TPSA) is 61.8 Å². The van der Waals surface area contributed by atoms with E-state index in [4.69, 9.17) is 0 Å². The third-order valence-electron chi connectivity index (χ3n) is 5.70. The Morgan fingerprint density at radius 1 is 0.968 bits per heavy atom. The molecule has 0 spiro atoms. The number of nitrogens with zero attached hydrogens (tertiary/aromatic N) is 4. The summed E-state index contributed by atoms with van der Waals surface area (Å²) >= 11 is 0. The Kier molecular flexibility index (Phi) is 5.39. The van der Waals surface area contributed by atoms with Gasteiger partial charge in [0.1, 0.15) is 0 Å². The van der Waals surface area contributed by atoms with Gasteiger partial charge in [-0.15, -0.1) is 0 Å². The second-order valence-electron chi connectivity index (χ2n) is 8.63. The van der Waals surface area contributed by atoms with Crippen molar-refractivity contribution in [3.63, 3.8) is 0 Å². The van der Waals surface area contributed by atoms with Crippen LogP contribution in [0.2, 0.25) is 0 Å². The van der Waals surface area contributed by atoms with Crippen molar-refractivity contribution in [2.45, 2.75) is 47.2 Å². The fourth-order valence-electron chi connectivity index (χ4n) is 4.13. The van der Waals surface area contributed by atoms with Gasteiger partial charge in [-0.05, 0) is 43.9 Å². The highest BCUT2D eigenvalue weighted by Crippen LogP contribution is 2.23. The van der Waals surface area contributed by atoms with E-state index in [0.29, 0.717) is 17.7 Å². The van der Waals surface area contributed by atoms with E-state index in [2.05, 4.69) is 4.98 Å². The Morgan fingerprint density at radius 3 is 2.32 bits per heavy atom. The Labute approximate surface area is 181 Å². The van der Waals surface area contributed by atoms with Crippen LogP contribution in [0.25, 0.3) is 16.9 Å². The van der Waals surface area contributed by atoms with Crippen molar-refractivity contribution in [2.24, 2.45) is 5.92 Å². The fraction of sp³-hybridized carbons (Fsp3) is 0.320. The summed E-state index contributed by atoms with van der Waals surface area (Å²) in [6, 6.07) is 15.8. The van der Waals surface area contributed by atoms with Crippen LogP contribution in [-0.4, -0.2) is 18.7 Å². The lowest BCUT2D eigenvalue weighted by Gasteiger charge is -2.18. The molecule has 160 valence electrons. The van der Waals surface area contributed by atoms with Gasteiger partial charge in [0, 0.05) is 6.54 Å². The highest BCUT2D eigenvalue weighted by molar-refractivity contribution is 5.73. The van der Waals surface area contributed by atoms with Gasteiger partial charge in [-0.3, -0.25) is 9.36 Å². The molecule has 31 heavy (non-hydrogen) atoms. The van der Waals surface area contributed by atoms with Gasteiger partial charge in [-0.1, -0.05) is 61.9 Å². The van der Waals surface area contributed by atoms with Gasteiger partial charge >= 0.3 is 5.69 Å². The molecule has 0 aliphatic heterocycles. The van der Waals surface area contributed by atoms with E-state index in [9.17, 15) is 9.59 Å². The van der Waals surface area contributed by atoms with Crippen molar-refractivity contribution in [2.75, 3.05) is 0 Å². The molecular weight excluding hydrogens is 388 g/mol. The summed E-state index contributed by atoms with van der Waals surface area (Å²) in [5, 5.41) is 0. The molecule has 0 aliphatic carbocycles. The van der Waals surface area contributed by atoms with Crippen molar-refractivity contribution in [1.82, 2.24) is 18.7 Å². The van der Waals surface area contributed by atoms with Gasteiger partial charge in [-0.2, -0.15) is 0 Å². The first-order valence-corrected chi connectivity index (χ1v) is 10.6. The monoisotopic (exact) mass is 416 g/mol. The molecular formula is C25H28N4O2. The maximum atomic E-state index is 13.5. The molecule has 2 heterocycles. The highest BCUT2D eigenvalue weighted by atomic mass is 16.2. The summed E-state index contributed by atoms with van der Waals surface area (Å²) < 4.78 is 4.81. The SMILES string of the molecule is Cc1ccc(-n2c(=O)n(CC(C)C)c(=O)c3c2ncn3[C@@H](C)c2ccccc2)c(C)c1. The summed E-state index contributed by atoms with van der Waals surface area (Å²) in [6.45, 7) is 10.4. The number of hydrogen-bond acceptors (Lipinski definition) is 3. The van der Waals surface area contributed by atoms with Crippen LogP contribution >= 0.6 is 0 Å². The third kappa shape index (κ3) is 3.63. The zero-order chi connectivity index (χ0) is 22.3. The molecule has 0 radical (unpaired) electrons. The Bertz CT molecular complexity index is 1360. The average molecular weight is 417 g/mol. The number of fused-ring (bicyclic) bond motifs is 1. The number of aromatic nitrogens is 4. The maximum Gasteiger partial charge on any atom is 0.337 e. The van der Waals surface area contributed by atoms with E-state index in [1.807, 2.05) is 87.7 Å². The lowest BCUT2D eigenvalue weighted by Crippen LogP contribution is -2.41. The second-order valence-corrected chi connectivity index (χ2v) is 8.63. The van der Waals surface area contributed by atoms with E-state index < -0.39 is 0 Å². The van der Waals surface area contributed by atoms with Crippen LogP contribution in [0.4, 0.5) is 0 Å². The van der Waals surface area contributed by atoms with Crippen LogP contribution in [0.15, 0.2) is 64.4 Å². The molecule has 0 saturated heterocycles. The first kappa shape index (κ1) is 20.8. The number of aryl methyl sites for hydroxylation is 2. The van der Waals surface area contributed by atoms with Crippen molar-refractivity contribution < 1.29 is 0 Å². The zero-order valence-electron chi connectivity index (χ0n) is 18.7. The fourth-order valence-corrected chi connectivity index (χ4v) is 4.13. The third-order valence-corrected chi connectivity index (χ3v) is 5.70. The van der Waals surface area contributed by atoms with Gasteiger partial charge in [-0.25, -0.2) is 14.3 Å². The second kappa shape index (κ2) is 8.02. The molecule has 0 N–H and O–H groups in total. The van der Waals surface area contributed by atoms with Crippen LogP contribution < -0.4 is 11.2 Å². The van der Waals surface area contributed by atoms with Gasteiger partial charge in [0.2, 0.25) is 0 Å². The number of benzene rings is 2. The Morgan fingerprint density at radius 2 is 1.68 bits per heavy atom. The molecule has 6 heteroatoms. The van der Waals surface area contributed by atoms with Crippen molar-refractivity contribution in [3.05, 3.63) is 92.4 Å². The Balaban J connectivity index is 2.08. The van der Waals surface area contributed by atoms with Crippen molar-refractivity contribution in [3.8, 4) is 5.69 Å². The highest BCUT2D eigenvalue weighted by Gasteiger charge is 2.22. The van der Waals surface area contributed by atoms with E-state index in [1.165, 1.54) is 4.57 Å². The molecule has 0 aliphatic rings. The minimum absolute atomic E-state index is 0.100. The summed E-state index contributed by atoms with van der Waals surface area (Å²) in [4.78, 5) is 31.6. The molecule has 6 nitrogen and oxygen atoms in total. The molecule has 0 bridgehead atoms. The summed E-state index contributed by atoms with van der Waals surface area (Å²) in [7, 11) is 0.